The molecule has 0 saturated carbocycles. The molecule has 0 bridgehead atoms. The molecule has 1 rings (SSSR count). The number of ether oxygens (including phenoxy) is 1. The lowest BCUT2D eigenvalue weighted by Crippen LogP contribution is -2.06. The molecule has 4 nitrogen and oxygen atoms in total. The Labute approximate surface area is 93.9 Å². The molecule has 0 saturated heterocycles. The smallest absolute Gasteiger partial charge is 0.216 e. The van der Waals surface area contributed by atoms with Crippen LogP contribution in [-0.4, -0.2) is 22.5 Å². The Kier molecular flexibility index (Phi) is 4.85. The Hall–Kier alpha value is -1.34. The molecule has 15 heavy (non-hydrogen) atoms. The van der Waals surface area contributed by atoms with Gasteiger partial charge in [-0.3, -0.25) is 0 Å². The van der Waals surface area contributed by atoms with Crippen LogP contribution in [0.4, 0.5) is 0 Å². The third-order valence-electron chi connectivity index (χ3n) is 1.72. The predicted octanol–water partition coefficient (Wildman–Crippen LogP) is 2.11. The monoisotopic (exact) mass is 225 g/mol. The molecule has 0 aliphatic heterocycles. The van der Waals surface area contributed by atoms with Crippen molar-refractivity contribution in [1.82, 2.24) is 9.97 Å². The van der Waals surface area contributed by atoms with Crippen molar-refractivity contribution in [3.8, 4) is 11.9 Å². The summed E-state index contributed by atoms with van der Waals surface area (Å²) in [6, 6.07) is 3.71. The molecule has 1 atom stereocenters. The second-order valence-corrected chi connectivity index (χ2v) is 3.25. The molecule has 0 spiro atoms. The van der Waals surface area contributed by atoms with Crippen LogP contribution in [0.1, 0.15) is 25.1 Å². The summed E-state index contributed by atoms with van der Waals surface area (Å²) in [6.45, 7) is 2.62. The standard InChI is InChI=1S/C10H12ClN3O/c1-2-5-15-9-3-4-13-10(14-9)8(6-11)7-12/h3-4,8H,2,5-6H2,1H3. The van der Waals surface area contributed by atoms with E-state index in [2.05, 4.69) is 9.97 Å². The van der Waals surface area contributed by atoms with Gasteiger partial charge < -0.3 is 4.74 Å². The van der Waals surface area contributed by atoms with Gasteiger partial charge in [0.2, 0.25) is 5.88 Å². The summed E-state index contributed by atoms with van der Waals surface area (Å²) in [6.07, 6.45) is 2.49. The van der Waals surface area contributed by atoms with Gasteiger partial charge in [-0.15, -0.1) is 11.6 Å². The van der Waals surface area contributed by atoms with E-state index >= 15 is 0 Å². The van der Waals surface area contributed by atoms with Gasteiger partial charge in [0.15, 0.2) is 5.82 Å². The van der Waals surface area contributed by atoms with Gasteiger partial charge in [0, 0.05) is 18.1 Å². The summed E-state index contributed by atoms with van der Waals surface area (Å²) in [5.74, 6) is 0.624. The van der Waals surface area contributed by atoms with Crippen LogP contribution in [0.2, 0.25) is 0 Å². The van der Waals surface area contributed by atoms with E-state index in [0.29, 0.717) is 18.3 Å². The van der Waals surface area contributed by atoms with Crippen LogP contribution in [0.25, 0.3) is 0 Å². The Bertz CT molecular complexity index is 351. The Morgan fingerprint density at radius 1 is 1.67 bits per heavy atom. The molecule has 0 aromatic carbocycles. The van der Waals surface area contributed by atoms with Gasteiger partial charge in [-0.05, 0) is 6.42 Å². The van der Waals surface area contributed by atoms with Crippen LogP contribution in [0.5, 0.6) is 5.88 Å². The van der Waals surface area contributed by atoms with Gasteiger partial charge in [0.05, 0.1) is 12.7 Å². The number of hydrogen-bond acceptors (Lipinski definition) is 4. The number of hydrogen-bond donors (Lipinski definition) is 0. The zero-order chi connectivity index (χ0) is 11.1. The molecule has 80 valence electrons. The van der Waals surface area contributed by atoms with E-state index in [1.165, 1.54) is 0 Å². The van der Waals surface area contributed by atoms with E-state index in [-0.39, 0.29) is 5.88 Å². The molecule has 0 amide bonds. The molecule has 0 aliphatic carbocycles. The second kappa shape index (κ2) is 6.20. The number of halogens is 1. The number of nitrogens with zero attached hydrogens (tertiary/aromatic N) is 3. The minimum atomic E-state index is -0.475. The van der Waals surface area contributed by atoms with Crippen LogP contribution < -0.4 is 4.74 Å². The van der Waals surface area contributed by atoms with Crippen LogP contribution in [0, 0.1) is 11.3 Å². The Morgan fingerprint density at radius 2 is 2.47 bits per heavy atom. The molecule has 0 N–H and O–H groups in total. The third kappa shape index (κ3) is 3.37. The van der Waals surface area contributed by atoms with Crippen LogP contribution in [0.15, 0.2) is 12.3 Å². The normalized spacial score (nSPS) is 11.8. The maximum atomic E-state index is 8.79. The highest BCUT2D eigenvalue weighted by Gasteiger charge is 2.12. The van der Waals surface area contributed by atoms with Gasteiger partial charge in [-0.2, -0.15) is 10.2 Å². The summed E-state index contributed by atoms with van der Waals surface area (Å²) in [4.78, 5) is 8.10. The number of rotatable bonds is 5. The lowest BCUT2D eigenvalue weighted by molar-refractivity contribution is 0.303. The third-order valence-corrected chi connectivity index (χ3v) is 2.03. The average Bonchev–Trinajstić information content (AvgIpc) is 2.29. The fourth-order valence-corrected chi connectivity index (χ4v) is 1.18. The first-order valence-electron chi connectivity index (χ1n) is 4.73. The SMILES string of the molecule is CCCOc1ccnc(C(C#N)CCl)n1. The van der Waals surface area contributed by atoms with Gasteiger partial charge in [0.25, 0.3) is 0 Å². The number of nitriles is 1. The molecule has 1 aromatic rings. The first-order valence-corrected chi connectivity index (χ1v) is 5.26. The topological polar surface area (TPSA) is 58.8 Å². The molecular formula is C10H12ClN3O. The maximum Gasteiger partial charge on any atom is 0.216 e. The minimum absolute atomic E-state index is 0.188. The van der Waals surface area contributed by atoms with Crippen molar-refractivity contribution in [2.24, 2.45) is 0 Å². The van der Waals surface area contributed by atoms with Gasteiger partial charge in [-0.25, -0.2) is 4.98 Å². The van der Waals surface area contributed by atoms with Crippen molar-refractivity contribution in [2.45, 2.75) is 19.3 Å². The highest BCUT2D eigenvalue weighted by Crippen LogP contribution is 2.14. The van der Waals surface area contributed by atoms with Crippen LogP contribution in [-0.2, 0) is 0 Å². The Balaban J connectivity index is 2.78. The van der Waals surface area contributed by atoms with Crippen molar-refractivity contribution in [3.05, 3.63) is 18.1 Å². The van der Waals surface area contributed by atoms with Crippen molar-refractivity contribution in [2.75, 3.05) is 12.5 Å². The zero-order valence-electron chi connectivity index (χ0n) is 8.48. The summed E-state index contributed by atoms with van der Waals surface area (Å²) in [5.41, 5.74) is 0. The second-order valence-electron chi connectivity index (χ2n) is 2.94. The fourth-order valence-electron chi connectivity index (χ4n) is 0.973. The predicted molar refractivity (Wildman–Crippen MR) is 56.9 cm³/mol. The maximum absolute atomic E-state index is 8.79. The summed E-state index contributed by atoms with van der Waals surface area (Å²) < 4.78 is 5.33. The molecule has 1 aromatic heterocycles. The first-order chi connectivity index (χ1) is 7.31. The van der Waals surface area contributed by atoms with E-state index in [1.807, 2.05) is 13.0 Å². The van der Waals surface area contributed by atoms with E-state index in [4.69, 9.17) is 21.6 Å². The van der Waals surface area contributed by atoms with E-state index in [0.717, 1.165) is 6.42 Å². The summed E-state index contributed by atoms with van der Waals surface area (Å²) >= 11 is 5.62. The fraction of sp³-hybridized carbons (Fsp3) is 0.500. The molecule has 1 unspecified atom stereocenters. The van der Waals surface area contributed by atoms with Crippen LogP contribution >= 0.6 is 11.6 Å². The van der Waals surface area contributed by atoms with Crippen molar-refractivity contribution >= 4 is 11.6 Å². The lowest BCUT2D eigenvalue weighted by atomic mass is 10.2. The van der Waals surface area contributed by atoms with Gasteiger partial charge in [-0.1, -0.05) is 6.92 Å². The summed E-state index contributed by atoms with van der Waals surface area (Å²) in [5, 5.41) is 8.79. The van der Waals surface area contributed by atoms with Crippen molar-refractivity contribution in [3.63, 3.8) is 0 Å². The first kappa shape index (κ1) is 11.7. The molecule has 5 heteroatoms. The molecule has 0 aliphatic rings. The molecular weight excluding hydrogens is 214 g/mol. The minimum Gasteiger partial charge on any atom is -0.478 e. The highest BCUT2D eigenvalue weighted by molar-refractivity contribution is 6.18. The van der Waals surface area contributed by atoms with Gasteiger partial charge >= 0.3 is 0 Å². The van der Waals surface area contributed by atoms with E-state index in [9.17, 15) is 0 Å². The highest BCUT2D eigenvalue weighted by atomic mass is 35.5. The largest absolute Gasteiger partial charge is 0.478 e. The van der Waals surface area contributed by atoms with Gasteiger partial charge in [0.1, 0.15) is 5.92 Å². The Morgan fingerprint density at radius 3 is 3.07 bits per heavy atom. The molecule has 0 fully saturated rings. The van der Waals surface area contributed by atoms with Crippen molar-refractivity contribution in [1.29, 1.82) is 5.26 Å². The average molecular weight is 226 g/mol. The van der Waals surface area contributed by atoms with Crippen LogP contribution in [0.3, 0.4) is 0 Å². The zero-order valence-corrected chi connectivity index (χ0v) is 9.24. The number of aromatic nitrogens is 2. The number of alkyl halides is 1. The van der Waals surface area contributed by atoms with E-state index < -0.39 is 5.92 Å². The quantitative estimate of drug-likeness (QED) is 0.721. The van der Waals surface area contributed by atoms with Crippen molar-refractivity contribution < 1.29 is 4.74 Å². The molecule has 1 heterocycles. The lowest BCUT2D eigenvalue weighted by Gasteiger charge is -2.06. The van der Waals surface area contributed by atoms with E-state index in [1.54, 1.807) is 12.3 Å². The summed E-state index contributed by atoms with van der Waals surface area (Å²) in [7, 11) is 0. The molecule has 0 radical (unpaired) electrons.